The Labute approximate surface area is 187 Å². The number of rotatable bonds is 3. The Hall–Kier alpha value is -3.10. The largest absolute Gasteiger partial charge is 0.445 e. The van der Waals surface area contributed by atoms with Crippen molar-refractivity contribution in [3.8, 4) is 0 Å². The fourth-order valence-electron chi connectivity index (χ4n) is 3.77. The van der Waals surface area contributed by atoms with Gasteiger partial charge in [-0.1, -0.05) is 53.5 Å². The molecule has 0 radical (unpaired) electrons. The summed E-state index contributed by atoms with van der Waals surface area (Å²) < 4.78 is 1.45. The molecule has 1 unspecified atom stereocenters. The number of hydrogen-bond donors (Lipinski definition) is 0. The molecule has 2 aliphatic rings. The Kier molecular flexibility index (Phi) is 5.03. The van der Waals surface area contributed by atoms with Gasteiger partial charge in [-0.15, -0.1) is 23.1 Å². The number of fused-ring (bicyclic) bond motifs is 2. The molecule has 0 saturated carbocycles. The summed E-state index contributed by atoms with van der Waals surface area (Å²) >= 11 is 3.06. The van der Waals surface area contributed by atoms with Gasteiger partial charge in [0.25, 0.3) is 5.84 Å². The first-order chi connectivity index (χ1) is 15.0. The van der Waals surface area contributed by atoms with Crippen molar-refractivity contribution in [1.29, 1.82) is 0 Å². The van der Waals surface area contributed by atoms with E-state index in [2.05, 4.69) is 29.3 Å². The second-order valence-electron chi connectivity index (χ2n) is 7.32. The summed E-state index contributed by atoms with van der Waals surface area (Å²) in [5.41, 5.74) is 1.17. The van der Waals surface area contributed by atoms with E-state index in [4.69, 9.17) is 4.99 Å². The highest BCUT2D eigenvalue weighted by Crippen LogP contribution is 2.30. The fraction of sp³-hybridized carbons (Fsp3) is 0.174. The molecule has 3 amide bonds. The SMILES string of the molecule is CN1C(=O)C2C(SCc3cccc4ccccc34)=NC(c3cccs3)=NC2=[N+](C)C1=O. The first-order valence-electron chi connectivity index (χ1n) is 9.77. The lowest BCUT2D eigenvalue weighted by atomic mass is 10.0. The molecule has 1 atom stereocenters. The van der Waals surface area contributed by atoms with Crippen LogP contribution in [0, 0.1) is 5.92 Å². The van der Waals surface area contributed by atoms with Gasteiger partial charge in [-0.3, -0.25) is 4.79 Å². The summed E-state index contributed by atoms with van der Waals surface area (Å²) in [6.45, 7) is 0. The number of urea groups is 1. The second-order valence-corrected chi connectivity index (χ2v) is 9.26. The molecule has 0 spiro atoms. The van der Waals surface area contributed by atoms with Crippen molar-refractivity contribution >= 4 is 62.5 Å². The van der Waals surface area contributed by atoms with Crippen LogP contribution in [0.25, 0.3) is 10.8 Å². The fourth-order valence-corrected chi connectivity index (χ4v) is 5.51. The highest BCUT2D eigenvalue weighted by atomic mass is 32.2. The number of aliphatic imine (C=N–C) groups is 2. The number of thioether (sulfide) groups is 1. The number of nitrogens with zero attached hydrogens (tertiary/aromatic N) is 4. The standard InChI is InChI=1S/C23H19N4O2S2/c1-26-20-18(22(28)27(2)23(26)29)21(25-19(24-20)17-11-6-12-30-17)31-13-15-9-5-8-14-7-3-4-10-16(14)15/h3-12,18H,13H2,1-2H3/q+1. The summed E-state index contributed by atoms with van der Waals surface area (Å²) in [7, 11) is 3.16. The Morgan fingerprint density at radius 2 is 1.87 bits per heavy atom. The van der Waals surface area contributed by atoms with Crippen LogP contribution in [0.15, 0.2) is 70.0 Å². The van der Waals surface area contributed by atoms with Crippen LogP contribution in [0.4, 0.5) is 4.79 Å². The summed E-state index contributed by atoms with van der Waals surface area (Å²) in [6.07, 6.45) is 0. The Bertz CT molecular complexity index is 1300. The molecule has 0 N–H and O–H groups in total. The van der Waals surface area contributed by atoms with Gasteiger partial charge in [-0.2, -0.15) is 9.48 Å². The van der Waals surface area contributed by atoms with Crippen molar-refractivity contribution in [1.82, 2.24) is 4.90 Å². The van der Waals surface area contributed by atoms with E-state index < -0.39 is 5.92 Å². The molecule has 2 aliphatic heterocycles. The monoisotopic (exact) mass is 447 g/mol. The van der Waals surface area contributed by atoms with Crippen molar-refractivity contribution in [2.75, 3.05) is 14.1 Å². The molecule has 8 heteroatoms. The second kappa shape index (κ2) is 7.86. The smallest absolute Gasteiger partial charge is 0.255 e. The lowest BCUT2D eigenvalue weighted by Gasteiger charge is -2.26. The molecule has 3 heterocycles. The number of imide groups is 1. The third-order valence-corrected chi connectivity index (χ3v) is 7.38. The van der Waals surface area contributed by atoms with Gasteiger partial charge in [0.15, 0.2) is 5.92 Å². The predicted octanol–water partition coefficient (Wildman–Crippen LogP) is 4.24. The van der Waals surface area contributed by atoms with Crippen LogP contribution in [-0.2, 0) is 10.5 Å². The molecule has 3 aromatic rings. The van der Waals surface area contributed by atoms with E-state index >= 15 is 0 Å². The summed E-state index contributed by atoms with van der Waals surface area (Å²) in [4.78, 5) is 37.0. The number of amidine groups is 2. The molecule has 0 aliphatic carbocycles. The normalized spacial score (nSPS) is 18.9. The van der Waals surface area contributed by atoms with Crippen molar-refractivity contribution < 1.29 is 14.2 Å². The van der Waals surface area contributed by atoms with Crippen LogP contribution in [0.2, 0.25) is 0 Å². The molecular formula is C23H19N4O2S2+. The van der Waals surface area contributed by atoms with Crippen LogP contribution >= 0.6 is 23.1 Å². The van der Waals surface area contributed by atoms with Gasteiger partial charge in [-0.05, 0) is 27.8 Å². The zero-order valence-electron chi connectivity index (χ0n) is 17.0. The lowest BCUT2D eigenvalue weighted by molar-refractivity contribution is -0.407. The van der Waals surface area contributed by atoms with Gasteiger partial charge in [0, 0.05) is 5.75 Å². The van der Waals surface area contributed by atoms with E-state index in [0.717, 1.165) is 9.78 Å². The Balaban J connectivity index is 1.56. The zero-order valence-corrected chi connectivity index (χ0v) is 18.6. The van der Waals surface area contributed by atoms with Crippen LogP contribution in [0.5, 0.6) is 0 Å². The molecule has 0 bridgehead atoms. The number of carbonyl (C=O) groups is 2. The summed E-state index contributed by atoms with van der Waals surface area (Å²) in [5.74, 6) is 0.675. The molecule has 2 aromatic carbocycles. The third kappa shape index (κ3) is 3.41. The van der Waals surface area contributed by atoms with E-state index in [1.54, 1.807) is 7.05 Å². The van der Waals surface area contributed by atoms with Gasteiger partial charge >= 0.3 is 11.9 Å². The molecule has 31 heavy (non-hydrogen) atoms. The van der Waals surface area contributed by atoms with E-state index in [9.17, 15) is 9.59 Å². The molecular weight excluding hydrogens is 428 g/mol. The van der Waals surface area contributed by atoms with Crippen molar-refractivity contribution in [2.45, 2.75) is 5.75 Å². The van der Waals surface area contributed by atoms with Gasteiger partial charge in [0.2, 0.25) is 5.84 Å². The molecule has 154 valence electrons. The van der Waals surface area contributed by atoms with Crippen molar-refractivity contribution in [3.63, 3.8) is 0 Å². The summed E-state index contributed by atoms with van der Waals surface area (Å²) in [6, 6.07) is 18.0. The van der Waals surface area contributed by atoms with Crippen LogP contribution in [-0.4, -0.2) is 52.2 Å². The molecule has 6 nitrogen and oxygen atoms in total. The third-order valence-electron chi connectivity index (χ3n) is 5.43. The minimum absolute atomic E-state index is 0.295. The highest BCUT2D eigenvalue weighted by Gasteiger charge is 2.49. The van der Waals surface area contributed by atoms with Gasteiger partial charge in [-0.25, -0.2) is 9.79 Å². The molecule has 5 rings (SSSR count). The quantitative estimate of drug-likeness (QED) is 0.564. The van der Waals surface area contributed by atoms with Crippen LogP contribution in [0.1, 0.15) is 10.4 Å². The maximum atomic E-state index is 13.0. The average Bonchev–Trinajstić information content (AvgIpc) is 3.34. The molecule has 0 fully saturated rings. The number of hydrogen-bond acceptors (Lipinski definition) is 6. The van der Waals surface area contributed by atoms with Gasteiger partial charge in [0.1, 0.15) is 5.04 Å². The minimum atomic E-state index is -0.670. The first-order valence-corrected chi connectivity index (χ1v) is 11.6. The maximum Gasteiger partial charge on any atom is 0.445 e. The number of benzene rings is 2. The van der Waals surface area contributed by atoms with Crippen molar-refractivity contribution in [3.05, 3.63) is 70.4 Å². The van der Waals surface area contributed by atoms with E-state index in [1.807, 2.05) is 35.7 Å². The maximum absolute atomic E-state index is 13.0. The number of thiophene rings is 1. The van der Waals surface area contributed by atoms with E-state index in [0.29, 0.717) is 22.5 Å². The first kappa shape index (κ1) is 19.8. The number of carbonyl (C=O) groups excluding carboxylic acids is 2. The topological polar surface area (TPSA) is 65.1 Å². The summed E-state index contributed by atoms with van der Waals surface area (Å²) in [5, 5.41) is 4.99. The zero-order chi connectivity index (χ0) is 21.5. The van der Waals surface area contributed by atoms with Gasteiger partial charge < -0.3 is 0 Å². The average molecular weight is 448 g/mol. The van der Waals surface area contributed by atoms with E-state index in [1.165, 1.54) is 51.1 Å². The van der Waals surface area contributed by atoms with Crippen LogP contribution < -0.4 is 0 Å². The highest BCUT2D eigenvalue weighted by molar-refractivity contribution is 8.13. The Morgan fingerprint density at radius 3 is 2.68 bits per heavy atom. The molecule has 0 saturated heterocycles. The van der Waals surface area contributed by atoms with Crippen LogP contribution in [0.3, 0.4) is 0 Å². The molecule has 1 aromatic heterocycles. The minimum Gasteiger partial charge on any atom is -0.255 e. The van der Waals surface area contributed by atoms with Crippen molar-refractivity contribution in [2.24, 2.45) is 15.9 Å². The Morgan fingerprint density at radius 1 is 1.06 bits per heavy atom. The predicted molar refractivity (Wildman–Crippen MR) is 126 cm³/mol. The van der Waals surface area contributed by atoms with Gasteiger partial charge in [0.05, 0.1) is 19.0 Å². The van der Waals surface area contributed by atoms with E-state index in [-0.39, 0.29) is 11.9 Å². The number of amides is 3. The lowest BCUT2D eigenvalue weighted by Crippen LogP contribution is -2.54.